The number of amides is 3. The Kier molecular flexibility index (Phi) is 10.4. The van der Waals surface area contributed by atoms with Crippen molar-refractivity contribution < 1.29 is 14.4 Å². The first-order valence-electron chi connectivity index (χ1n) is 15.4. The number of nitriles is 1. The number of hydrogen-bond acceptors (Lipinski definition) is 7. The maximum atomic E-state index is 13.4. The van der Waals surface area contributed by atoms with E-state index in [-0.39, 0.29) is 17.4 Å². The quantitative estimate of drug-likeness (QED) is 0.105. The van der Waals surface area contributed by atoms with E-state index in [0.717, 1.165) is 34.6 Å². The molecule has 5 aromatic rings. The summed E-state index contributed by atoms with van der Waals surface area (Å²) in [7, 11) is 0. The van der Waals surface area contributed by atoms with E-state index in [1.807, 2.05) is 18.2 Å². The van der Waals surface area contributed by atoms with E-state index in [1.165, 1.54) is 28.7 Å². The van der Waals surface area contributed by atoms with E-state index < -0.39 is 11.8 Å². The van der Waals surface area contributed by atoms with Crippen LogP contribution in [-0.4, -0.2) is 28.5 Å². The van der Waals surface area contributed by atoms with Gasteiger partial charge in [-0.05, 0) is 84.3 Å². The van der Waals surface area contributed by atoms with E-state index in [4.69, 9.17) is 0 Å². The molecule has 0 aliphatic heterocycles. The minimum Gasteiger partial charge on any atom is -0.321 e. The van der Waals surface area contributed by atoms with E-state index >= 15 is 0 Å². The van der Waals surface area contributed by atoms with Crippen LogP contribution >= 0.6 is 23.1 Å². The molecule has 0 radical (unpaired) electrons. The van der Waals surface area contributed by atoms with Gasteiger partial charge in [-0.3, -0.25) is 19.4 Å². The van der Waals surface area contributed by atoms with Crippen molar-refractivity contribution in [1.82, 2.24) is 10.3 Å². The Balaban J connectivity index is 1.09. The van der Waals surface area contributed by atoms with Crippen molar-refractivity contribution >= 4 is 57.6 Å². The van der Waals surface area contributed by atoms with Gasteiger partial charge in [0.2, 0.25) is 5.91 Å². The first kappa shape index (κ1) is 32.4. The molecule has 1 aliphatic carbocycles. The van der Waals surface area contributed by atoms with Gasteiger partial charge in [-0.1, -0.05) is 60.7 Å². The summed E-state index contributed by atoms with van der Waals surface area (Å²) in [6, 6.07) is 32.1. The smallest absolute Gasteiger partial charge is 0.272 e. The summed E-state index contributed by atoms with van der Waals surface area (Å²) in [6.45, 7) is 0. The van der Waals surface area contributed by atoms with Crippen LogP contribution in [0.2, 0.25) is 0 Å². The van der Waals surface area contributed by atoms with Crippen molar-refractivity contribution in [1.29, 1.82) is 5.26 Å². The molecule has 48 heavy (non-hydrogen) atoms. The number of anilines is 2. The lowest BCUT2D eigenvalue weighted by Crippen LogP contribution is -2.30. The highest BCUT2D eigenvalue weighted by Gasteiger charge is 2.27. The molecule has 1 aliphatic rings. The number of thioether (sulfide) groups is 1. The molecule has 0 spiro atoms. The number of carbonyl (C=O) groups excluding carboxylic acids is 3. The topological polar surface area (TPSA) is 124 Å². The highest BCUT2D eigenvalue weighted by Crippen LogP contribution is 2.42. The van der Waals surface area contributed by atoms with Crippen molar-refractivity contribution in [3.63, 3.8) is 0 Å². The van der Waals surface area contributed by atoms with Crippen molar-refractivity contribution in [3.05, 3.63) is 148 Å². The van der Waals surface area contributed by atoms with Gasteiger partial charge in [-0.15, -0.1) is 23.1 Å². The third-order valence-electron chi connectivity index (χ3n) is 7.89. The monoisotopic (exact) mass is 669 g/mol. The molecule has 3 amide bonds. The Bertz CT molecular complexity index is 2000. The number of nitrogens with one attached hydrogen (secondary N) is 3. The molecular formula is C38H31N5O3S2. The van der Waals surface area contributed by atoms with Crippen LogP contribution in [0.3, 0.4) is 0 Å². The van der Waals surface area contributed by atoms with Crippen LogP contribution in [0.4, 0.5) is 10.7 Å². The Hall–Kier alpha value is -5.50. The van der Waals surface area contributed by atoms with E-state index in [1.54, 1.807) is 73.1 Å². The minimum absolute atomic E-state index is 0.0521. The Morgan fingerprint density at radius 1 is 0.958 bits per heavy atom. The minimum atomic E-state index is -0.511. The summed E-state index contributed by atoms with van der Waals surface area (Å²) in [6.07, 6.45) is 7.42. The molecule has 10 heteroatoms. The van der Waals surface area contributed by atoms with Crippen LogP contribution in [0.15, 0.2) is 120 Å². The highest BCUT2D eigenvalue weighted by molar-refractivity contribution is 8.00. The second kappa shape index (κ2) is 15.4. The molecule has 0 fully saturated rings. The van der Waals surface area contributed by atoms with Crippen LogP contribution in [0.25, 0.3) is 6.08 Å². The lowest BCUT2D eigenvalue weighted by atomic mass is 9.83. The SMILES string of the molecule is N#Cc1c(NC(=O)CSc2cccc(NC(=O)/C(=C/c3cccnc3)NC(=O)c3ccccc3)c2)sc2c1CCC(c1ccccc1)C2. The molecule has 0 saturated carbocycles. The number of nitrogens with zero attached hydrogens (tertiary/aromatic N) is 2. The van der Waals surface area contributed by atoms with Gasteiger partial charge in [0.15, 0.2) is 0 Å². The number of benzene rings is 3. The second-order valence-electron chi connectivity index (χ2n) is 11.2. The van der Waals surface area contributed by atoms with Crippen LogP contribution in [0, 0.1) is 11.3 Å². The number of aromatic nitrogens is 1. The molecule has 1 atom stereocenters. The van der Waals surface area contributed by atoms with Crippen LogP contribution in [0.5, 0.6) is 0 Å². The number of hydrogen-bond donors (Lipinski definition) is 3. The van der Waals surface area contributed by atoms with Gasteiger partial charge >= 0.3 is 0 Å². The second-order valence-corrected chi connectivity index (χ2v) is 13.3. The average Bonchev–Trinajstić information content (AvgIpc) is 3.47. The molecule has 8 nitrogen and oxygen atoms in total. The van der Waals surface area contributed by atoms with Crippen molar-refractivity contribution in [2.45, 2.75) is 30.1 Å². The summed E-state index contributed by atoms with van der Waals surface area (Å²) in [5, 5.41) is 19.1. The standard InChI is InChI=1S/C38H31N5O3S2/c39-22-32-31-17-16-28(26-10-3-1-4-11-26)20-34(31)48-38(32)43-35(44)24-47-30-15-7-14-29(21-30)41-37(46)33(19-25-9-8-18-40-23-25)42-36(45)27-12-5-2-6-13-27/h1-15,18-19,21,23,28H,16-17,20,24H2,(H,41,46)(H,42,45)(H,43,44)/b33-19-. The van der Waals surface area contributed by atoms with Crippen LogP contribution in [-0.2, 0) is 22.4 Å². The van der Waals surface area contributed by atoms with Crippen LogP contribution < -0.4 is 16.0 Å². The van der Waals surface area contributed by atoms with E-state index in [9.17, 15) is 19.6 Å². The number of fused-ring (bicyclic) bond motifs is 1. The van der Waals surface area contributed by atoms with Gasteiger partial charge in [-0.2, -0.15) is 5.26 Å². The molecule has 6 rings (SSSR count). The molecule has 0 saturated heterocycles. The number of rotatable bonds is 10. The molecule has 1 unspecified atom stereocenters. The average molecular weight is 670 g/mol. The molecular weight excluding hydrogens is 639 g/mol. The first-order chi connectivity index (χ1) is 23.5. The largest absolute Gasteiger partial charge is 0.321 e. The van der Waals surface area contributed by atoms with E-state index in [0.29, 0.717) is 33.3 Å². The fourth-order valence-corrected chi connectivity index (χ4v) is 7.60. The van der Waals surface area contributed by atoms with E-state index in [2.05, 4.69) is 51.3 Å². The zero-order chi connectivity index (χ0) is 33.3. The maximum absolute atomic E-state index is 13.4. The van der Waals surface area contributed by atoms with Gasteiger partial charge in [0, 0.05) is 33.4 Å². The molecule has 3 N–H and O–H groups in total. The number of carbonyl (C=O) groups is 3. The van der Waals surface area contributed by atoms with Gasteiger partial charge in [0.05, 0.1) is 11.3 Å². The predicted molar refractivity (Wildman–Crippen MR) is 191 cm³/mol. The first-order valence-corrected chi connectivity index (χ1v) is 17.2. The lowest BCUT2D eigenvalue weighted by Gasteiger charge is -2.22. The maximum Gasteiger partial charge on any atom is 0.272 e. The third-order valence-corrected chi connectivity index (χ3v) is 10.1. The Morgan fingerprint density at radius 3 is 2.50 bits per heavy atom. The lowest BCUT2D eigenvalue weighted by molar-refractivity contribution is -0.114. The molecule has 2 heterocycles. The number of pyridine rings is 1. The third kappa shape index (κ3) is 8.07. The van der Waals surface area contributed by atoms with Crippen molar-refractivity contribution in [2.24, 2.45) is 0 Å². The normalized spacial score (nSPS) is 13.9. The van der Waals surface area contributed by atoms with Crippen molar-refractivity contribution in [3.8, 4) is 6.07 Å². The Morgan fingerprint density at radius 2 is 1.75 bits per heavy atom. The molecule has 0 bridgehead atoms. The highest BCUT2D eigenvalue weighted by atomic mass is 32.2. The summed E-state index contributed by atoms with van der Waals surface area (Å²) < 4.78 is 0. The van der Waals surface area contributed by atoms with Gasteiger partial charge in [-0.25, -0.2) is 0 Å². The van der Waals surface area contributed by atoms with Gasteiger partial charge in [0.1, 0.15) is 16.8 Å². The van der Waals surface area contributed by atoms with Crippen LogP contribution in [0.1, 0.15) is 49.8 Å². The summed E-state index contributed by atoms with van der Waals surface area (Å²) in [5.41, 5.74) is 4.54. The van der Waals surface area contributed by atoms with Gasteiger partial charge in [0.25, 0.3) is 11.8 Å². The fraction of sp³-hybridized carbons (Fsp3) is 0.132. The Labute approximate surface area is 286 Å². The zero-order valence-corrected chi connectivity index (χ0v) is 27.4. The molecule has 238 valence electrons. The molecule has 2 aromatic heterocycles. The summed E-state index contributed by atoms with van der Waals surface area (Å²) >= 11 is 2.82. The summed E-state index contributed by atoms with van der Waals surface area (Å²) in [5.74, 6) is -0.620. The number of thiophene rings is 1. The van der Waals surface area contributed by atoms with Gasteiger partial charge < -0.3 is 16.0 Å². The predicted octanol–water partition coefficient (Wildman–Crippen LogP) is 7.43. The summed E-state index contributed by atoms with van der Waals surface area (Å²) in [4.78, 5) is 45.4. The van der Waals surface area contributed by atoms with Crippen molar-refractivity contribution in [2.75, 3.05) is 16.4 Å². The fourth-order valence-electron chi connectivity index (χ4n) is 5.55. The zero-order valence-electron chi connectivity index (χ0n) is 25.8. The molecule has 3 aromatic carbocycles.